The van der Waals surface area contributed by atoms with Gasteiger partial charge in [0.05, 0.1) is 18.8 Å². The average Bonchev–Trinajstić information content (AvgIpc) is 2.42. The van der Waals surface area contributed by atoms with Crippen molar-refractivity contribution < 1.29 is 14.3 Å². The second kappa shape index (κ2) is 8.79. The van der Waals surface area contributed by atoms with Crippen LogP contribution in [0.15, 0.2) is 24.3 Å². The Morgan fingerprint density at radius 3 is 2.78 bits per heavy atom. The molecule has 0 aliphatic carbocycles. The molecule has 18 heavy (non-hydrogen) atoms. The fourth-order valence-corrected chi connectivity index (χ4v) is 2.00. The molecule has 0 bridgehead atoms. The number of hydrazine groups is 1. The van der Waals surface area contributed by atoms with Crippen molar-refractivity contribution in [3.63, 3.8) is 0 Å². The lowest BCUT2D eigenvalue weighted by Crippen LogP contribution is -2.30. The zero-order valence-corrected chi connectivity index (χ0v) is 11.2. The molecule has 1 aromatic rings. The fraction of sp³-hybridized carbons (Fsp3) is 0.417. The Kier molecular flexibility index (Phi) is 7.24. The van der Waals surface area contributed by atoms with Crippen molar-refractivity contribution in [2.75, 3.05) is 31.8 Å². The number of ether oxygens (including phenoxy) is 2. The van der Waals surface area contributed by atoms with Gasteiger partial charge in [0.25, 0.3) is 5.91 Å². The SMILES string of the molecule is COCCSCCOc1ccccc1C(=O)NN. The lowest BCUT2D eigenvalue weighted by molar-refractivity contribution is 0.0950. The van der Waals surface area contributed by atoms with Crippen LogP contribution >= 0.6 is 11.8 Å². The highest BCUT2D eigenvalue weighted by Crippen LogP contribution is 2.17. The smallest absolute Gasteiger partial charge is 0.268 e. The summed E-state index contributed by atoms with van der Waals surface area (Å²) in [6, 6.07) is 7.02. The van der Waals surface area contributed by atoms with Crippen LogP contribution in [-0.2, 0) is 4.74 Å². The Hall–Kier alpha value is -1.24. The summed E-state index contributed by atoms with van der Waals surface area (Å²) in [5, 5.41) is 0. The van der Waals surface area contributed by atoms with Gasteiger partial charge >= 0.3 is 0 Å². The third-order valence-corrected chi connectivity index (χ3v) is 3.09. The molecule has 1 rings (SSSR count). The molecule has 0 aromatic heterocycles. The van der Waals surface area contributed by atoms with Gasteiger partial charge < -0.3 is 9.47 Å². The van der Waals surface area contributed by atoms with E-state index in [0.29, 0.717) is 17.9 Å². The molecular formula is C12H18N2O3S. The van der Waals surface area contributed by atoms with Crippen LogP contribution in [0, 0.1) is 0 Å². The van der Waals surface area contributed by atoms with Gasteiger partial charge in [0, 0.05) is 18.6 Å². The highest BCUT2D eigenvalue weighted by atomic mass is 32.2. The quantitative estimate of drug-likeness (QED) is 0.320. The molecule has 0 unspecified atom stereocenters. The van der Waals surface area contributed by atoms with Crippen molar-refractivity contribution in [2.45, 2.75) is 0 Å². The Balaban J connectivity index is 2.39. The number of benzene rings is 1. The summed E-state index contributed by atoms with van der Waals surface area (Å²) in [6.07, 6.45) is 0. The summed E-state index contributed by atoms with van der Waals surface area (Å²) < 4.78 is 10.5. The van der Waals surface area contributed by atoms with Gasteiger partial charge in [0.1, 0.15) is 5.75 Å². The number of nitrogen functional groups attached to an aromatic ring is 1. The first-order chi connectivity index (χ1) is 8.79. The topological polar surface area (TPSA) is 73.6 Å². The van der Waals surface area contributed by atoms with Gasteiger partial charge in [-0.2, -0.15) is 11.8 Å². The molecule has 0 fully saturated rings. The third-order valence-electron chi connectivity index (χ3n) is 2.18. The maximum Gasteiger partial charge on any atom is 0.268 e. The number of hydrogen-bond acceptors (Lipinski definition) is 5. The summed E-state index contributed by atoms with van der Waals surface area (Å²) in [7, 11) is 1.68. The first kappa shape index (κ1) is 14.8. The average molecular weight is 270 g/mol. The number of thioether (sulfide) groups is 1. The van der Waals surface area contributed by atoms with E-state index in [9.17, 15) is 4.79 Å². The van der Waals surface area contributed by atoms with Crippen molar-refractivity contribution in [1.82, 2.24) is 5.43 Å². The van der Waals surface area contributed by atoms with Crippen molar-refractivity contribution in [3.05, 3.63) is 29.8 Å². The van der Waals surface area contributed by atoms with Crippen LogP contribution in [0.5, 0.6) is 5.75 Å². The Labute approximate surface area is 111 Å². The molecule has 3 N–H and O–H groups in total. The van der Waals surface area contributed by atoms with Gasteiger partial charge in [-0.3, -0.25) is 10.2 Å². The molecule has 0 radical (unpaired) electrons. The van der Waals surface area contributed by atoms with E-state index >= 15 is 0 Å². The number of carbonyl (C=O) groups excluding carboxylic acids is 1. The highest BCUT2D eigenvalue weighted by Gasteiger charge is 2.09. The summed E-state index contributed by atoms with van der Waals surface area (Å²) in [6.45, 7) is 1.28. The largest absolute Gasteiger partial charge is 0.492 e. The molecule has 0 saturated carbocycles. The fourth-order valence-electron chi connectivity index (χ4n) is 1.31. The van der Waals surface area contributed by atoms with Gasteiger partial charge in [0.2, 0.25) is 0 Å². The van der Waals surface area contributed by atoms with E-state index in [4.69, 9.17) is 15.3 Å². The van der Waals surface area contributed by atoms with Gasteiger partial charge in [-0.1, -0.05) is 12.1 Å². The second-order valence-corrected chi connectivity index (χ2v) is 4.65. The molecule has 100 valence electrons. The number of hydrogen-bond donors (Lipinski definition) is 2. The van der Waals surface area contributed by atoms with Gasteiger partial charge in [0.15, 0.2) is 0 Å². The maximum absolute atomic E-state index is 11.5. The van der Waals surface area contributed by atoms with Crippen molar-refractivity contribution >= 4 is 17.7 Å². The van der Waals surface area contributed by atoms with E-state index < -0.39 is 0 Å². The number of rotatable bonds is 8. The summed E-state index contributed by atoms with van der Waals surface area (Å²) >= 11 is 1.74. The molecule has 0 aliphatic rings. The summed E-state index contributed by atoms with van der Waals surface area (Å²) in [5.41, 5.74) is 2.55. The molecule has 5 nitrogen and oxygen atoms in total. The Morgan fingerprint density at radius 1 is 1.33 bits per heavy atom. The number of nitrogens with one attached hydrogen (secondary N) is 1. The Morgan fingerprint density at radius 2 is 2.06 bits per heavy atom. The van der Waals surface area contributed by atoms with Crippen LogP contribution in [-0.4, -0.2) is 37.7 Å². The maximum atomic E-state index is 11.5. The van der Waals surface area contributed by atoms with Crippen LogP contribution in [0.3, 0.4) is 0 Å². The van der Waals surface area contributed by atoms with Gasteiger partial charge in [-0.15, -0.1) is 0 Å². The molecule has 0 atom stereocenters. The predicted octanol–water partition coefficient (Wildman–Crippen LogP) is 1.05. The van der Waals surface area contributed by atoms with Crippen LogP contribution in [0.4, 0.5) is 0 Å². The first-order valence-corrected chi connectivity index (χ1v) is 6.74. The molecule has 0 aliphatic heterocycles. The van der Waals surface area contributed by atoms with Crippen LogP contribution in [0.2, 0.25) is 0 Å². The van der Waals surface area contributed by atoms with Crippen molar-refractivity contribution in [1.29, 1.82) is 0 Å². The first-order valence-electron chi connectivity index (χ1n) is 5.59. The monoisotopic (exact) mass is 270 g/mol. The molecular weight excluding hydrogens is 252 g/mol. The second-order valence-electron chi connectivity index (χ2n) is 3.42. The summed E-state index contributed by atoms with van der Waals surface area (Å²) in [4.78, 5) is 11.5. The Bertz CT molecular complexity index is 374. The standard InChI is InChI=1S/C12H18N2O3S/c1-16-6-8-18-9-7-17-11-5-3-2-4-10(11)12(15)14-13/h2-5H,6-9,13H2,1H3,(H,14,15). The zero-order chi connectivity index (χ0) is 13.2. The summed E-state index contributed by atoms with van der Waals surface area (Å²) in [5.74, 6) is 7.09. The van der Waals surface area contributed by atoms with Crippen LogP contribution < -0.4 is 16.0 Å². The number of para-hydroxylation sites is 1. The van der Waals surface area contributed by atoms with Crippen LogP contribution in [0.25, 0.3) is 0 Å². The van der Waals surface area contributed by atoms with Crippen LogP contribution in [0.1, 0.15) is 10.4 Å². The minimum Gasteiger partial charge on any atom is -0.492 e. The number of nitrogens with two attached hydrogens (primary N) is 1. The van der Waals surface area contributed by atoms with Gasteiger partial charge in [-0.25, -0.2) is 5.84 Å². The molecule has 1 aromatic carbocycles. The highest BCUT2D eigenvalue weighted by molar-refractivity contribution is 7.99. The van der Waals surface area contributed by atoms with E-state index in [0.717, 1.165) is 18.1 Å². The number of amides is 1. The molecule has 1 amide bonds. The normalized spacial score (nSPS) is 10.1. The van der Waals surface area contributed by atoms with E-state index in [1.54, 1.807) is 37.1 Å². The van der Waals surface area contributed by atoms with Gasteiger partial charge in [-0.05, 0) is 12.1 Å². The lowest BCUT2D eigenvalue weighted by Gasteiger charge is -2.10. The zero-order valence-electron chi connectivity index (χ0n) is 10.3. The van der Waals surface area contributed by atoms with Crippen molar-refractivity contribution in [3.8, 4) is 5.75 Å². The van der Waals surface area contributed by atoms with E-state index in [-0.39, 0.29) is 5.91 Å². The van der Waals surface area contributed by atoms with E-state index in [2.05, 4.69) is 5.43 Å². The molecule has 0 heterocycles. The van der Waals surface area contributed by atoms with E-state index in [1.165, 1.54) is 0 Å². The molecule has 0 spiro atoms. The number of carbonyl (C=O) groups is 1. The van der Waals surface area contributed by atoms with E-state index in [1.807, 2.05) is 6.07 Å². The predicted molar refractivity (Wildman–Crippen MR) is 72.8 cm³/mol. The third kappa shape index (κ3) is 4.95. The minimum atomic E-state index is -0.349. The van der Waals surface area contributed by atoms with Crippen molar-refractivity contribution in [2.24, 2.45) is 5.84 Å². The lowest BCUT2D eigenvalue weighted by atomic mass is 10.2. The minimum absolute atomic E-state index is 0.349. The molecule has 6 heteroatoms. The molecule has 0 saturated heterocycles. The number of methoxy groups -OCH3 is 1.